The molecule has 0 aromatic heterocycles. The van der Waals surface area contributed by atoms with E-state index in [0.717, 1.165) is 22.4 Å². The Hall–Kier alpha value is -3.46. The third-order valence-electron chi connectivity index (χ3n) is 5.98. The number of anilines is 1. The van der Waals surface area contributed by atoms with Gasteiger partial charge in [0.25, 0.3) is 0 Å². The second-order valence-corrected chi connectivity index (χ2v) is 8.51. The molecule has 4 aromatic rings. The molecule has 0 aliphatic rings. The van der Waals surface area contributed by atoms with Gasteiger partial charge in [-0.15, -0.1) is 0 Å². The first-order valence-corrected chi connectivity index (χ1v) is 12.7. The normalized spacial score (nSPS) is 11.3. The summed E-state index contributed by atoms with van der Waals surface area (Å²) >= 11 is 0. The van der Waals surface area contributed by atoms with Gasteiger partial charge in [0.05, 0.1) is 5.69 Å². The van der Waals surface area contributed by atoms with E-state index < -0.39 is 12.9 Å². The molecule has 190 valence electrons. The molecule has 0 radical (unpaired) electrons. The number of hydroxylamine groups is 3. The molecule has 4 aromatic carbocycles. The Labute approximate surface area is 220 Å². The Kier molecular flexibility index (Phi) is 9.88. The van der Waals surface area contributed by atoms with Crippen molar-refractivity contribution in [3.8, 4) is 0 Å². The molecule has 0 aliphatic heterocycles. The molecule has 4 rings (SSSR count). The topological polar surface area (TPSA) is 55.0 Å². The lowest BCUT2D eigenvalue weighted by Gasteiger charge is -2.46. The van der Waals surface area contributed by atoms with Crippen LogP contribution in [-0.4, -0.2) is 20.4 Å². The Bertz CT molecular complexity index is 1120. The summed E-state index contributed by atoms with van der Waals surface area (Å²) in [7, 11) is -1.07. The SMILES string of the molecule is CCNOB(ONCC)ON(c1ccccc1)C(Cc1ccccc1)(c1ccccc1)c1ccccc1. The fraction of sp³-hybridized carbons (Fsp3) is 0.200. The van der Waals surface area contributed by atoms with Gasteiger partial charge in [-0.25, -0.2) is 16.0 Å². The summed E-state index contributed by atoms with van der Waals surface area (Å²) in [6.07, 6.45) is 0.631. The summed E-state index contributed by atoms with van der Waals surface area (Å²) in [6.45, 7) is 5.08. The van der Waals surface area contributed by atoms with Crippen molar-refractivity contribution in [1.29, 1.82) is 0 Å². The molecule has 0 saturated carbocycles. The van der Waals surface area contributed by atoms with Crippen molar-refractivity contribution in [3.63, 3.8) is 0 Å². The van der Waals surface area contributed by atoms with Gasteiger partial charge >= 0.3 is 7.32 Å². The van der Waals surface area contributed by atoms with E-state index in [9.17, 15) is 0 Å². The zero-order valence-electron chi connectivity index (χ0n) is 21.4. The van der Waals surface area contributed by atoms with E-state index in [-0.39, 0.29) is 0 Å². The molecule has 0 bridgehead atoms. The Morgan fingerprint density at radius 2 is 1.05 bits per heavy atom. The van der Waals surface area contributed by atoms with E-state index in [1.165, 1.54) is 0 Å². The largest absolute Gasteiger partial charge is 0.697 e. The van der Waals surface area contributed by atoms with Crippen LogP contribution in [-0.2, 0) is 26.2 Å². The fourth-order valence-electron chi connectivity index (χ4n) is 4.39. The Balaban J connectivity index is 1.94. The van der Waals surface area contributed by atoms with Gasteiger partial charge in [-0.05, 0) is 28.8 Å². The smallest absolute Gasteiger partial charge is 0.298 e. The van der Waals surface area contributed by atoms with E-state index in [1.54, 1.807) is 0 Å². The van der Waals surface area contributed by atoms with Gasteiger partial charge in [0.2, 0.25) is 0 Å². The molecule has 2 N–H and O–H groups in total. The minimum Gasteiger partial charge on any atom is -0.298 e. The first-order chi connectivity index (χ1) is 18.3. The number of rotatable bonds is 14. The average molecular weight is 495 g/mol. The van der Waals surface area contributed by atoms with Crippen LogP contribution in [0, 0.1) is 0 Å². The standard InChI is InChI=1S/C30H34BN3O3/c1-3-32-35-31(36-33-4-2)37-34(29-23-15-8-16-24-29)30(27-19-11-6-12-20-27,28-21-13-7-14-22-28)25-26-17-9-5-10-18-26/h5-24,32-33H,3-4,25H2,1-2H3. The van der Waals surface area contributed by atoms with Crippen LogP contribution in [0.2, 0.25) is 0 Å². The second-order valence-electron chi connectivity index (χ2n) is 8.51. The third-order valence-corrected chi connectivity index (χ3v) is 5.98. The molecular weight excluding hydrogens is 461 g/mol. The van der Waals surface area contributed by atoms with Gasteiger partial charge in [-0.1, -0.05) is 123 Å². The minimum atomic E-state index is -1.07. The monoisotopic (exact) mass is 495 g/mol. The quantitative estimate of drug-likeness (QED) is 0.174. The number of para-hydroxylation sites is 1. The zero-order valence-corrected chi connectivity index (χ0v) is 21.4. The summed E-state index contributed by atoms with van der Waals surface area (Å²) in [5.41, 5.74) is 9.15. The Morgan fingerprint density at radius 1 is 0.622 bits per heavy atom. The molecule has 0 fully saturated rings. The number of hydrogen-bond donors (Lipinski definition) is 2. The van der Waals surface area contributed by atoms with Crippen LogP contribution in [0.25, 0.3) is 0 Å². The van der Waals surface area contributed by atoms with Crippen LogP contribution in [0.4, 0.5) is 5.69 Å². The maximum Gasteiger partial charge on any atom is 0.697 e. The molecule has 0 spiro atoms. The van der Waals surface area contributed by atoms with E-state index in [2.05, 4.69) is 83.8 Å². The fourth-order valence-corrected chi connectivity index (χ4v) is 4.39. The van der Waals surface area contributed by atoms with Crippen molar-refractivity contribution in [2.24, 2.45) is 0 Å². The number of benzene rings is 4. The van der Waals surface area contributed by atoms with Crippen LogP contribution in [0.5, 0.6) is 0 Å². The highest BCUT2D eigenvalue weighted by molar-refractivity contribution is 6.36. The molecule has 0 amide bonds. The van der Waals surface area contributed by atoms with Crippen molar-refractivity contribution < 1.29 is 14.3 Å². The minimum absolute atomic E-state index is 0.590. The van der Waals surface area contributed by atoms with Crippen molar-refractivity contribution in [1.82, 2.24) is 11.0 Å². The second kappa shape index (κ2) is 13.7. The van der Waals surface area contributed by atoms with E-state index in [4.69, 9.17) is 14.3 Å². The van der Waals surface area contributed by atoms with Gasteiger partial charge in [0.15, 0.2) is 0 Å². The number of nitrogens with zero attached hydrogens (tertiary/aromatic N) is 1. The average Bonchev–Trinajstić information content (AvgIpc) is 2.97. The highest BCUT2D eigenvalue weighted by Gasteiger charge is 2.45. The lowest BCUT2D eigenvalue weighted by Crippen LogP contribution is -2.54. The molecule has 37 heavy (non-hydrogen) atoms. The van der Waals surface area contributed by atoms with Crippen LogP contribution >= 0.6 is 0 Å². The first kappa shape index (κ1) is 26.6. The lowest BCUT2D eigenvalue weighted by atomic mass is 9.77. The molecule has 7 heteroatoms. The lowest BCUT2D eigenvalue weighted by molar-refractivity contribution is 0.00287. The summed E-state index contributed by atoms with van der Waals surface area (Å²) in [6, 6.07) is 41.4. The first-order valence-electron chi connectivity index (χ1n) is 12.7. The van der Waals surface area contributed by atoms with E-state index in [0.29, 0.717) is 19.5 Å². The number of nitrogens with one attached hydrogen (secondary N) is 2. The van der Waals surface area contributed by atoms with Gasteiger partial charge < -0.3 is 0 Å². The van der Waals surface area contributed by atoms with Crippen molar-refractivity contribution in [2.45, 2.75) is 25.8 Å². The van der Waals surface area contributed by atoms with Crippen LogP contribution in [0.15, 0.2) is 121 Å². The summed E-state index contributed by atoms with van der Waals surface area (Å²) in [5.74, 6) is 0. The predicted octanol–water partition coefficient (Wildman–Crippen LogP) is 5.68. The highest BCUT2D eigenvalue weighted by Crippen LogP contribution is 2.42. The van der Waals surface area contributed by atoms with Crippen molar-refractivity contribution >= 4 is 13.0 Å². The Morgan fingerprint density at radius 3 is 1.51 bits per heavy atom. The molecular formula is C30H34BN3O3. The van der Waals surface area contributed by atoms with Crippen molar-refractivity contribution in [3.05, 3.63) is 138 Å². The molecule has 6 nitrogen and oxygen atoms in total. The van der Waals surface area contributed by atoms with Crippen molar-refractivity contribution in [2.75, 3.05) is 18.2 Å². The maximum atomic E-state index is 6.65. The van der Waals surface area contributed by atoms with Crippen LogP contribution in [0.1, 0.15) is 30.5 Å². The molecule has 0 atom stereocenters. The summed E-state index contributed by atoms with van der Waals surface area (Å²) in [5, 5.41) is 1.92. The van der Waals surface area contributed by atoms with Crippen LogP contribution in [0.3, 0.4) is 0 Å². The van der Waals surface area contributed by atoms with E-state index >= 15 is 0 Å². The van der Waals surface area contributed by atoms with Gasteiger partial charge in [0.1, 0.15) is 5.54 Å². The maximum absolute atomic E-state index is 6.65. The van der Waals surface area contributed by atoms with E-state index in [1.807, 2.05) is 67.4 Å². The highest BCUT2D eigenvalue weighted by atomic mass is 16.9. The zero-order chi connectivity index (χ0) is 25.8. The molecule has 0 saturated heterocycles. The third kappa shape index (κ3) is 6.66. The summed E-state index contributed by atoms with van der Waals surface area (Å²) < 4.78 is 18.2. The molecule has 0 heterocycles. The number of hydrogen-bond acceptors (Lipinski definition) is 6. The predicted molar refractivity (Wildman–Crippen MR) is 149 cm³/mol. The van der Waals surface area contributed by atoms with Gasteiger partial charge in [-0.2, -0.15) is 0 Å². The molecule has 0 unspecified atom stereocenters. The molecule has 0 aliphatic carbocycles. The van der Waals surface area contributed by atoms with Gasteiger partial charge in [0, 0.05) is 19.5 Å². The summed E-state index contributed by atoms with van der Waals surface area (Å²) in [4.78, 5) is 0. The van der Waals surface area contributed by atoms with Crippen LogP contribution < -0.4 is 16.0 Å². The van der Waals surface area contributed by atoms with Gasteiger partial charge in [-0.3, -0.25) is 14.3 Å².